The fourth-order valence-corrected chi connectivity index (χ4v) is 1.48. The van der Waals surface area contributed by atoms with Crippen LogP contribution in [-0.4, -0.2) is 17.3 Å². The quantitative estimate of drug-likeness (QED) is 0.843. The van der Waals surface area contributed by atoms with E-state index in [1.807, 2.05) is 0 Å². The molecule has 0 fully saturated rings. The summed E-state index contributed by atoms with van der Waals surface area (Å²) in [7, 11) is 0. The lowest BCUT2D eigenvalue weighted by Crippen LogP contribution is -2.38. The number of rotatable bonds is 3. The number of aliphatic hydroxyl groups is 1. The molecule has 0 bridgehead atoms. The van der Waals surface area contributed by atoms with E-state index >= 15 is 0 Å². The molecule has 0 aromatic heterocycles. The molecular weight excluding hydrogens is 295 g/mol. The normalized spacial score (nSPS) is 16.1. The summed E-state index contributed by atoms with van der Waals surface area (Å²) in [5.41, 5.74) is 2.62. The second-order valence-corrected chi connectivity index (χ2v) is 4.14. The van der Waals surface area contributed by atoms with Gasteiger partial charge < -0.3 is 10.8 Å². The summed E-state index contributed by atoms with van der Waals surface area (Å²) in [5.74, 6) is -1.58. The van der Waals surface area contributed by atoms with Gasteiger partial charge in [0.05, 0.1) is 11.7 Å². The number of halogens is 7. The van der Waals surface area contributed by atoms with Crippen molar-refractivity contribution >= 4 is 0 Å². The predicted octanol–water partition coefficient (Wildman–Crippen LogP) is 3.16. The van der Waals surface area contributed by atoms with Crippen LogP contribution in [-0.2, 0) is 6.18 Å². The van der Waals surface area contributed by atoms with E-state index in [0.717, 1.165) is 6.07 Å². The maximum Gasteiger partial charge on any atom is 0.419 e. The SMILES string of the molecule is N[C@H](C[C@H](O)c1ccc(F)c(C(F)(F)F)c1)C(F)(F)F. The number of nitrogens with two attached hydrogens (primary N) is 1. The van der Waals surface area contributed by atoms with E-state index in [2.05, 4.69) is 0 Å². The number of benzene rings is 1. The van der Waals surface area contributed by atoms with E-state index in [9.17, 15) is 35.8 Å². The smallest absolute Gasteiger partial charge is 0.388 e. The van der Waals surface area contributed by atoms with Crippen molar-refractivity contribution in [3.63, 3.8) is 0 Å². The van der Waals surface area contributed by atoms with Crippen molar-refractivity contribution in [3.8, 4) is 0 Å². The average molecular weight is 305 g/mol. The van der Waals surface area contributed by atoms with Gasteiger partial charge in [-0.3, -0.25) is 0 Å². The van der Waals surface area contributed by atoms with Gasteiger partial charge in [0.1, 0.15) is 11.9 Å². The maximum atomic E-state index is 13.0. The first kappa shape index (κ1) is 16.7. The largest absolute Gasteiger partial charge is 0.419 e. The second kappa shape index (κ2) is 5.57. The molecule has 2 nitrogen and oxygen atoms in total. The summed E-state index contributed by atoms with van der Waals surface area (Å²) in [6.07, 6.45) is -12.7. The van der Waals surface area contributed by atoms with E-state index in [4.69, 9.17) is 5.73 Å². The molecule has 3 N–H and O–H groups in total. The van der Waals surface area contributed by atoms with Crippen molar-refractivity contribution in [2.24, 2.45) is 5.73 Å². The van der Waals surface area contributed by atoms with Crippen LogP contribution in [0.25, 0.3) is 0 Å². The number of hydrogen-bond donors (Lipinski definition) is 2. The zero-order valence-corrected chi connectivity index (χ0v) is 9.76. The van der Waals surface area contributed by atoms with Gasteiger partial charge in [-0.15, -0.1) is 0 Å². The lowest BCUT2D eigenvalue weighted by Gasteiger charge is -2.20. The van der Waals surface area contributed by atoms with Crippen LogP contribution in [0, 0.1) is 5.82 Å². The monoisotopic (exact) mass is 305 g/mol. The molecule has 0 aliphatic heterocycles. The molecule has 1 aromatic carbocycles. The topological polar surface area (TPSA) is 46.2 Å². The summed E-state index contributed by atoms with van der Waals surface area (Å²) in [5, 5.41) is 9.47. The molecule has 0 aliphatic carbocycles. The Bertz CT molecular complexity index is 469. The highest BCUT2D eigenvalue weighted by molar-refractivity contribution is 5.28. The molecule has 0 aliphatic rings. The molecule has 0 saturated heterocycles. The summed E-state index contributed by atoms with van der Waals surface area (Å²) >= 11 is 0. The molecule has 0 spiro atoms. The molecule has 9 heteroatoms. The van der Waals surface area contributed by atoms with Crippen LogP contribution < -0.4 is 5.73 Å². The van der Waals surface area contributed by atoms with Gasteiger partial charge in [-0.1, -0.05) is 6.07 Å². The van der Waals surface area contributed by atoms with E-state index in [-0.39, 0.29) is 6.07 Å². The van der Waals surface area contributed by atoms with Gasteiger partial charge in [-0.05, 0) is 17.7 Å². The van der Waals surface area contributed by atoms with Crippen molar-refractivity contribution in [2.45, 2.75) is 30.9 Å². The first-order valence-corrected chi connectivity index (χ1v) is 5.30. The van der Waals surface area contributed by atoms with Crippen molar-refractivity contribution < 1.29 is 35.8 Å². The van der Waals surface area contributed by atoms with Crippen LogP contribution in [0.4, 0.5) is 30.7 Å². The van der Waals surface area contributed by atoms with Crippen LogP contribution in [0.5, 0.6) is 0 Å². The molecule has 0 amide bonds. The Morgan fingerprint density at radius 3 is 2.10 bits per heavy atom. The molecule has 114 valence electrons. The van der Waals surface area contributed by atoms with E-state index in [1.165, 1.54) is 0 Å². The first-order chi connectivity index (χ1) is 8.93. The minimum atomic E-state index is -5.01. The van der Waals surface area contributed by atoms with Crippen LogP contribution >= 0.6 is 0 Å². The highest BCUT2D eigenvalue weighted by Crippen LogP contribution is 2.34. The van der Waals surface area contributed by atoms with Crippen LogP contribution in [0.1, 0.15) is 23.7 Å². The number of alkyl halides is 6. The number of aliphatic hydroxyl groups excluding tert-OH is 1. The molecule has 2 atom stereocenters. The molecular formula is C11H10F7NO. The van der Waals surface area contributed by atoms with Crippen molar-refractivity contribution in [3.05, 3.63) is 35.1 Å². The zero-order chi connectivity index (χ0) is 15.7. The molecule has 0 unspecified atom stereocenters. The van der Waals surface area contributed by atoms with E-state index < -0.39 is 47.9 Å². The Balaban J connectivity index is 2.98. The number of hydrogen-bond acceptors (Lipinski definition) is 2. The van der Waals surface area contributed by atoms with Gasteiger partial charge in [0, 0.05) is 6.42 Å². The van der Waals surface area contributed by atoms with Crippen LogP contribution in [0.2, 0.25) is 0 Å². The van der Waals surface area contributed by atoms with Crippen LogP contribution in [0.3, 0.4) is 0 Å². The van der Waals surface area contributed by atoms with Gasteiger partial charge in [0.2, 0.25) is 0 Å². The molecule has 0 saturated carbocycles. The van der Waals surface area contributed by atoms with Gasteiger partial charge >= 0.3 is 12.4 Å². The van der Waals surface area contributed by atoms with Gasteiger partial charge in [0.15, 0.2) is 0 Å². The van der Waals surface area contributed by atoms with Gasteiger partial charge in [0.25, 0.3) is 0 Å². The highest BCUT2D eigenvalue weighted by atomic mass is 19.4. The molecule has 0 radical (unpaired) electrons. The molecule has 1 rings (SSSR count). The molecule has 0 heterocycles. The second-order valence-electron chi connectivity index (χ2n) is 4.14. The zero-order valence-electron chi connectivity index (χ0n) is 9.76. The molecule has 1 aromatic rings. The fraction of sp³-hybridized carbons (Fsp3) is 0.455. The lowest BCUT2D eigenvalue weighted by molar-refractivity contribution is -0.154. The third-order valence-corrected chi connectivity index (χ3v) is 2.58. The van der Waals surface area contributed by atoms with Crippen LogP contribution in [0.15, 0.2) is 18.2 Å². The van der Waals surface area contributed by atoms with E-state index in [0.29, 0.717) is 6.07 Å². The third-order valence-electron chi connectivity index (χ3n) is 2.58. The van der Waals surface area contributed by atoms with Crippen molar-refractivity contribution in [2.75, 3.05) is 0 Å². The average Bonchev–Trinajstić information content (AvgIpc) is 2.26. The Morgan fingerprint density at radius 1 is 1.10 bits per heavy atom. The standard InChI is InChI=1S/C11H10F7NO/c12-7-2-1-5(3-6(7)10(13,14)15)8(20)4-9(19)11(16,17)18/h1-3,8-9,20H,4,19H2/t8-,9+/m0/s1. The Labute approximate surface area is 109 Å². The minimum Gasteiger partial charge on any atom is -0.388 e. The van der Waals surface area contributed by atoms with Crippen molar-refractivity contribution in [1.29, 1.82) is 0 Å². The van der Waals surface area contributed by atoms with Gasteiger partial charge in [-0.25, -0.2) is 4.39 Å². The fourth-order valence-electron chi connectivity index (χ4n) is 1.48. The molecule has 20 heavy (non-hydrogen) atoms. The summed E-state index contributed by atoms with van der Waals surface area (Å²) < 4.78 is 86.8. The maximum absolute atomic E-state index is 13.0. The summed E-state index contributed by atoms with van der Waals surface area (Å²) in [4.78, 5) is 0. The Hall–Kier alpha value is -1.35. The minimum absolute atomic E-state index is 0.267. The summed E-state index contributed by atoms with van der Waals surface area (Å²) in [6, 6.07) is -0.918. The Kier molecular flexibility index (Phi) is 4.65. The summed E-state index contributed by atoms with van der Waals surface area (Å²) in [6.45, 7) is 0. The van der Waals surface area contributed by atoms with E-state index in [1.54, 1.807) is 0 Å². The Morgan fingerprint density at radius 2 is 1.65 bits per heavy atom. The first-order valence-electron chi connectivity index (χ1n) is 5.30. The van der Waals surface area contributed by atoms with Gasteiger partial charge in [-0.2, -0.15) is 26.3 Å². The lowest BCUT2D eigenvalue weighted by atomic mass is 10.00. The van der Waals surface area contributed by atoms with Crippen molar-refractivity contribution in [1.82, 2.24) is 0 Å². The third kappa shape index (κ3) is 4.07. The highest BCUT2D eigenvalue weighted by Gasteiger charge is 2.39. The predicted molar refractivity (Wildman–Crippen MR) is 55.0 cm³/mol.